The molecular weight excluding hydrogens is 901 g/mol. The third kappa shape index (κ3) is 10.1. The van der Waals surface area contributed by atoms with Crippen molar-refractivity contribution in [2.75, 3.05) is 25.7 Å². The van der Waals surface area contributed by atoms with Crippen LogP contribution in [0.5, 0.6) is 11.5 Å². The minimum absolute atomic E-state index is 0.195. The summed E-state index contributed by atoms with van der Waals surface area (Å²) in [6.07, 6.45) is -8.07. The summed E-state index contributed by atoms with van der Waals surface area (Å²) in [6, 6.07) is 18.8. The van der Waals surface area contributed by atoms with Crippen molar-refractivity contribution >= 4 is 44.4 Å². The van der Waals surface area contributed by atoms with Gasteiger partial charge < -0.3 is 29.7 Å². The average molecular weight is 951 g/mol. The summed E-state index contributed by atoms with van der Waals surface area (Å²) in [7, 11) is -1.23. The molecule has 350 valence electrons. The predicted molar refractivity (Wildman–Crippen MR) is 237 cm³/mol. The van der Waals surface area contributed by atoms with Crippen LogP contribution in [0.25, 0.3) is 21.8 Å². The van der Waals surface area contributed by atoms with Crippen LogP contribution >= 0.6 is 11.8 Å². The van der Waals surface area contributed by atoms with Crippen molar-refractivity contribution in [3.8, 4) is 11.5 Å². The predicted octanol–water partition coefficient (Wildman–Crippen LogP) is 11.4. The summed E-state index contributed by atoms with van der Waals surface area (Å²) in [5.41, 5.74) is -4.84. The molecule has 0 saturated carbocycles. The highest BCUT2D eigenvalue weighted by atomic mass is 32.2. The lowest BCUT2D eigenvalue weighted by Crippen LogP contribution is -2.51. The fourth-order valence-electron chi connectivity index (χ4n) is 9.19. The van der Waals surface area contributed by atoms with Crippen LogP contribution < -0.4 is 9.47 Å². The molecule has 0 amide bonds. The lowest BCUT2D eigenvalue weighted by Gasteiger charge is -2.38. The molecule has 0 aliphatic carbocycles. The Morgan fingerprint density at radius 3 is 1.49 bits per heavy atom. The normalized spacial score (nSPS) is 16.6. The van der Waals surface area contributed by atoms with Crippen LogP contribution in [0.3, 0.4) is 0 Å². The Morgan fingerprint density at radius 1 is 0.646 bits per heavy atom. The van der Waals surface area contributed by atoms with Gasteiger partial charge in [0.1, 0.15) is 23.1 Å². The molecule has 4 aromatic carbocycles. The highest BCUT2D eigenvalue weighted by Crippen LogP contribution is 2.49. The summed E-state index contributed by atoms with van der Waals surface area (Å²) in [4.78, 5) is 7.47. The second-order valence-electron chi connectivity index (χ2n) is 18.4. The van der Waals surface area contributed by atoms with E-state index in [1.165, 1.54) is 36.6 Å². The second-order valence-corrected chi connectivity index (χ2v) is 20.6. The zero-order valence-electron chi connectivity index (χ0n) is 36.5. The lowest BCUT2D eigenvalue weighted by molar-refractivity contribution is -0.266. The number of halogens is 8. The number of aromatic amines is 2. The smallest absolute Gasteiger partial charge is 0.417 e. The van der Waals surface area contributed by atoms with Gasteiger partial charge in [-0.25, -0.2) is 8.78 Å². The van der Waals surface area contributed by atoms with Crippen LogP contribution in [0, 0.1) is 11.6 Å². The molecular formula is C48H50F8N2O5S2. The van der Waals surface area contributed by atoms with E-state index in [-0.39, 0.29) is 11.4 Å². The zero-order valence-corrected chi connectivity index (χ0v) is 38.2. The van der Waals surface area contributed by atoms with Gasteiger partial charge in [-0.05, 0) is 103 Å². The SMILES string of the molecule is CS(=O)c1ccc2[nH]c(CC(O)(CC(C)(C)c3cc(F)cc4c3OCC4)C(F)(F)F)cc2c1.CSc1ccc2[nH]c(CC(O)(CC(C)(C)c3cc(F)cc4c3OCC4)C(F)(F)F)cc2c1. The van der Waals surface area contributed by atoms with Gasteiger partial charge in [0.25, 0.3) is 0 Å². The van der Waals surface area contributed by atoms with E-state index in [0.29, 0.717) is 81.1 Å². The third-order valence-electron chi connectivity index (χ3n) is 12.3. The molecule has 3 atom stereocenters. The Labute approximate surface area is 377 Å². The molecule has 0 bridgehead atoms. The topological polar surface area (TPSA) is 108 Å². The van der Waals surface area contributed by atoms with Crippen molar-refractivity contribution in [3.05, 3.63) is 118 Å². The Morgan fingerprint density at radius 2 is 1.08 bits per heavy atom. The fraction of sp³-hybridized carbons (Fsp3) is 0.417. The zero-order chi connectivity index (χ0) is 47.5. The summed E-state index contributed by atoms with van der Waals surface area (Å²) in [5.74, 6) is -0.238. The Balaban J connectivity index is 0.000000194. The molecule has 0 saturated heterocycles. The van der Waals surface area contributed by atoms with Gasteiger partial charge in [0.2, 0.25) is 0 Å². The molecule has 0 fully saturated rings. The number of benzene rings is 4. The standard InChI is InChI=1S/C24H25F4NO3S.C24H25F4NO2S/c1-22(2,19-11-16(25)8-14-6-7-32-21(14)19)13-23(30,24(26,27)28)12-17-9-15-10-18(33(3)31)4-5-20(15)29-17;1-22(2,19-11-16(25)8-14-6-7-31-21(14)19)13-23(30,24(26,27)28)12-17-9-15-10-18(32-3)4-5-20(15)29-17/h4-5,8-11,29-30H,6-7,12-13H2,1-3H3;4-5,8-11,29-30H,6-7,12-13H2,1-3H3. The molecule has 6 aromatic rings. The first-order chi connectivity index (χ1) is 30.2. The van der Waals surface area contributed by atoms with Gasteiger partial charge in [0.05, 0.1) is 13.2 Å². The number of alkyl halides is 6. The molecule has 0 spiro atoms. The van der Waals surface area contributed by atoms with Crippen molar-refractivity contribution in [3.63, 3.8) is 0 Å². The van der Waals surface area contributed by atoms with Gasteiger partial charge >= 0.3 is 12.4 Å². The Bertz CT molecular complexity index is 2760. The fourth-order valence-corrected chi connectivity index (χ4v) is 10.2. The maximum Gasteiger partial charge on any atom is 0.417 e. The minimum atomic E-state index is -4.94. The molecule has 17 heteroatoms. The summed E-state index contributed by atoms with van der Waals surface area (Å²) >= 11 is 1.54. The maximum absolute atomic E-state index is 14.2. The summed E-state index contributed by atoms with van der Waals surface area (Å²) in [6.45, 7) is 6.96. The molecule has 3 unspecified atom stereocenters. The number of ether oxygens (including phenoxy) is 2. The molecule has 7 nitrogen and oxygen atoms in total. The first-order valence-electron chi connectivity index (χ1n) is 20.8. The van der Waals surface area contributed by atoms with Crippen molar-refractivity contribution in [2.45, 2.75) is 110 Å². The highest BCUT2D eigenvalue weighted by Gasteiger charge is 2.57. The van der Waals surface area contributed by atoms with Crippen LogP contribution in [-0.4, -0.2) is 73.7 Å². The Hall–Kier alpha value is -4.58. The largest absolute Gasteiger partial charge is 0.493 e. The molecule has 4 heterocycles. The van der Waals surface area contributed by atoms with Crippen molar-refractivity contribution in [1.29, 1.82) is 0 Å². The van der Waals surface area contributed by atoms with Gasteiger partial charge in [0.15, 0.2) is 11.2 Å². The van der Waals surface area contributed by atoms with Gasteiger partial charge in [0, 0.05) is 108 Å². The molecule has 4 N–H and O–H groups in total. The van der Waals surface area contributed by atoms with E-state index in [0.717, 1.165) is 10.3 Å². The van der Waals surface area contributed by atoms with E-state index < -0.39 is 82.5 Å². The van der Waals surface area contributed by atoms with E-state index >= 15 is 0 Å². The number of aliphatic hydroxyl groups is 2. The van der Waals surface area contributed by atoms with E-state index in [1.54, 1.807) is 63.7 Å². The number of nitrogens with one attached hydrogen (secondary N) is 2. The van der Waals surface area contributed by atoms with E-state index in [1.807, 2.05) is 24.5 Å². The van der Waals surface area contributed by atoms with E-state index in [2.05, 4.69) is 9.97 Å². The monoisotopic (exact) mass is 950 g/mol. The van der Waals surface area contributed by atoms with Crippen LogP contribution in [0.4, 0.5) is 35.1 Å². The van der Waals surface area contributed by atoms with Gasteiger partial charge in [-0.3, -0.25) is 4.21 Å². The number of hydrogen-bond acceptors (Lipinski definition) is 6. The number of H-pyrrole nitrogens is 2. The average Bonchev–Trinajstić information content (AvgIpc) is 4.01. The van der Waals surface area contributed by atoms with Gasteiger partial charge in [-0.15, -0.1) is 11.8 Å². The number of hydrogen-bond donors (Lipinski definition) is 4. The van der Waals surface area contributed by atoms with Crippen molar-refractivity contribution in [1.82, 2.24) is 9.97 Å². The molecule has 65 heavy (non-hydrogen) atoms. The molecule has 2 aliphatic heterocycles. The summed E-state index contributed by atoms with van der Waals surface area (Å²) < 4.78 is 137. The van der Waals surface area contributed by atoms with Crippen LogP contribution in [-0.2, 0) is 47.3 Å². The van der Waals surface area contributed by atoms with Crippen LogP contribution in [0.15, 0.2) is 82.6 Å². The van der Waals surface area contributed by atoms with E-state index in [9.17, 15) is 49.5 Å². The molecule has 2 aliphatic rings. The molecule has 8 rings (SSSR count). The van der Waals surface area contributed by atoms with Gasteiger partial charge in [-0.1, -0.05) is 27.7 Å². The van der Waals surface area contributed by atoms with Gasteiger partial charge in [-0.2, -0.15) is 26.3 Å². The molecule has 0 radical (unpaired) electrons. The first kappa shape index (κ1) is 48.4. The number of aromatic nitrogens is 2. The highest BCUT2D eigenvalue weighted by molar-refractivity contribution is 7.98. The van der Waals surface area contributed by atoms with Crippen molar-refractivity contribution in [2.24, 2.45) is 0 Å². The van der Waals surface area contributed by atoms with Crippen LogP contribution in [0.1, 0.15) is 74.2 Å². The number of fused-ring (bicyclic) bond motifs is 4. The maximum atomic E-state index is 14.2. The quantitative estimate of drug-likeness (QED) is 0.0719. The molecule has 2 aromatic heterocycles. The minimum Gasteiger partial charge on any atom is -0.493 e. The van der Waals surface area contributed by atoms with Crippen LogP contribution in [0.2, 0.25) is 0 Å². The third-order valence-corrected chi connectivity index (χ3v) is 14.0. The number of rotatable bonds is 12. The summed E-state index contributed by atoms with van der Waals surface area (Å²) in [5, 5.41) is 23.3. The number of thioether (sulfide) groups is 1. The van der Waals surface area contributed by atoms with E-state index in [4.69, 9.17) is 9.47 Å². The first-order valence-corrected chi connectivity index (χ1v) is 23.6. The lowest BCUT2D eigenvalue weighted by atomic mass is 9.72. The Kier molecular flexibility index (Phi) is 13.1. The second kappa shape index (κ2) is 17.6. The van der Waals surface area contributed by atoms with Crippen molar-refractivity contribution < 1.29 is 59.0 Å².